The van der Waals surface area contributed by atoms with Gasteiger partial charge in [0.2, 0.25) is 0 Å². The van der Waals surface area contributed by atoms with E-state index in [1.807, 2.05) is 18.5 Å². The van der Waals surface area contributed by atoms with Crippen LogP contribution in [0.2, 0.25) is 0 Å². The maximum atomic E-state index is 6.66. The van der Waals surface area contributed by atoms with Gasteiger partial charge in [-0.25, -0.2) is 0 Å². The average molecular weight is 870 g/mol. The standard InChI is InChI=1S/C52H40AsN7O2/c1-4-12-34-29(8-1)21-23-55-48(34)36-14-5-15-37-49(36)60-50-44(52-57-25-27-62-52)43(51-56-24-26-61-51)41(35-13-6-16-38-40(35)33-11-3-2-9-32(33)28-58-38)42(45(50)53-37)39-20-19-31-18-17-30-10-7-22-54-46(30)47(31)59-39/h2-3,5-7,9-20,22,24,26,28-29,48,52,55,57H,1,4,8,21,23,25,27H2. The summed E-state index contributed by atoms with van der Waals surface area (Å²) >= 11 is -0.629. The molecular formula is C52H40AsN7O2. The molecule has 2 saturated heterocycles. The Labute approximate surface area is 363 Å². The Morgan fingerprint density at radius 2 is 1.63 bits per heavy atom. The quantitative estimate of drug-likeness (QED) is 0.100. The first-order valence-corrected chi connectivity index (χ1v) is 23.5. The van der Waals surface area contributed by atoms with Gasteiger partial charge in [-0.1, -0.05) is 0 Å². The number of nitrogens with one attached hydrogen (secondary N) is 2. The molecule has 300 valence electrons. The second kappa shape index (κ2) is 14.7. The Morgan fingerprint density at radius 3 is 2.55 bits per heavy atom. The van der Waals surface area contributed by atoms with Crippen LogP contribution in [0.5, 0.6) is 0 Å². The molecule has 0 bridgehead atoms. The second-order valence-electron chi connectivity index (χ2n) is 16.7. The molecule has 7 heterocycles. The van der Waals surface area contributed by atoms with Crippen LogP contribution in [-0.4, -0.2) is 54.9 Å². The van der Waals surface area contributed by atoms with E-state index in [0.717, 1.165) is 101 Å². The summed E-state index contributed by atoms with van der Waals surface area (Å²) in [6, 6.07) is 34.7. The van der Waals surface area contributed by atoms with Crippen molar-refractivity contribution in [2.75, 3.05) is 19.7 Å². The van der Waals surface area contributed by atoms with E-state index < -0.39 is 21.5 Å². The number of hydrogen-bond acceptors (Lipinski definition) is 9. The van der Waals surface area contributed by atoms with Crippen molar-refractivity contribution < 1.29 is 9.15 Å². The number of piperidine rings is 1. The van der Waals surface area contributed by atoms with Gasteiger partial charge in [-0.2, -0.15) is 0 Å². The molecule has 1 aliphatic carbocycles. The third kappa shape index (κ3) is 5.72. The molecule has 2 N–H and O–H groups in total. The molecule has 10 heteroatoms. The molecule has 3 atom stereocenters. The molecule has 4 aliphatic rings. The Morgan fingerprint density at radius 1 is 0.726 bits per heavy atom. The molecule has 9 aromatic rings. The van der Waals surface area contributed by atoms with E-state index in [4.69, 9.17) is 34.1 Å². The Balaban J connectivity index is 1.21. The molecule has 3 unspecified atom stereocenters. The first kappa shape index (κ1) is 36.4. The van der Waals surface area contributed by atoms with Crippen molar-refractivity contribution in [3.05, 3.63) is 154 Å². The van der Waals surface area contributed by atoms with Crippen LogP contribution in [0.4, 0.5) is 5.69 Å². The number of aromatic nitrogens is 4. The zero-order valence-corrected chi connectivity index (χ0v) is 35.7. The van der Waals surface area contributed by atoms with Gasteiger partial charge in [0.15, 0.2) is 0 Å². The van der Waals surface area contributed by atoms with Crippen molar-refractivity contribution in [1.29, 1.82) is 0 Å². The van der Waals surface area contributed by atoms with Crippen LogP contribution in [-0.2, 0) is 4.74 Å². The SMILES string of the molecule is C1=C2C(CCC1)CCNC2c1cccc2c1N=c1c(C3NCCO3)c(-c3ncco3)c(-c3cccc4ncc5ccccc5c34)c(-c3ccc4ccc5cccnc5c4n3)c1=[As]2. The Bertz CT molecular complexity index is 3470. The fourth-order valence-electron chi connectivity index (χ4n) is 10.6. The van der Waals surface area contributed by atoms with Gasteiger partial charge in [0.05, 0.1) is 0 Å². The van der Waals surface area contributed by atoms with Crippen LogP contribution in [0, 0.1) is 9.87 Å². The number of hydrogen-bond donors (Lipinski definition) is 2. The summed E-state index contributed by atoms with van der Waals surface area (Å²) in [6.45, 7) is 2.29. The molecule has 0 radical (unpaired) electrons. The average Bonchev–Trinajstić information content (AvgIpc) is 4.08. The Kier molecular flexibility index (Phi) is 8.64. The fraction of sp³-hybridized carbons (Fsp3) is 0.192. The Hall–Kier alpha value is -6.22. The van der Waals surface area contributed by atoms with Crippen molar-refractivity contribution in [3.63, 3.8) is 0 Å². The first-order valence-electron chi connectivity index (χ1n) is 21.7. The van der Waals surface area contributed by atoms with E-state index in [1.54, 1.807) is 12.5 Å². The predicted octanol–water partition coefficient (Wildman–Crippen LogP) is 9.40. The summed E-state index contributed by atoms with van der Waals surface area (Å²) in [5, 5.41) is 13.9. The van der Waals surface area contributed by atoms with Gasteiger partial charge in [-0.15, -0.1) is 0 Å². The molecule has 4 aromatic heterocycles. The third-order valence-electron chi connectivity index (χ3n) is 13.3. The zero-order valence-electron chi connectivity index (χ0n) is 33.8. The number of oxazole rings is 1. The van der Waals surface area contributed by atoms with E-state index in [1.165, 1.54) is 38.7 Å². The predicted molar refractivity (Wildman–Crippen MR) is 245 cm³/mol. The van der Waals surface area contributed by atoms with E-state index in [-0.39, 0.29) is 6.04 Å². The second-order valence-corrected chi connectivity index (χ2v) is 19.1. The van der Waals surface area contributed by atoms with Crippen LogP contribution >= 0.6 is 0 Å². The fourth-order valence-corrected chi connectivity index (χ4v) is 13.3. The minimum absolute atomic E-state index is 0.129. The van der Waals surface area contributed by atoms with Crippen LogP contribution in [0.1, 0.15) is 49.1 Å². The van der Waals surface area contributed by atoms with Gasteiger partial charge in [0.25, 0.3) is 0 Å². The summed E-state index contributed by atoms with van der Waals surface area (Å²) < 4.78 is 15.6. The minimum atomic E-state index is -0.629. The zero-order chi connectivity index (χ0) is 40.7. The van der Waals surface area contributed by atoms with Gasteiger partial charge < -0.3 is 0 Å². The molecule has 62 heavy (non-hydrogen) atoms. The summed E-state index contributed by atoms with van der Waals surface area (Å²) in [5.41, 5.74) is 12.2. The number of ether oxygens (including phenoxy) is 1. The van der Waals surface area contributed by atoms with E-state index in [9.17, 15) is 0 Å². The van der Waals surface area contributed by atoms with E-state index in [0.29, 0.717) is 25.0 Å². The van der Waals surface area contributed by atoms with Crippen molar-refractivity contribution in [1.82, 2.24) is 30.6 Å². The van der Waals surface area contributed by atoms with Crippen LogP contribution < -0.4 is 20.3 Å². The van der Waals surface area contributed by atoms with Gasteiger partial charge in [0, 0.05) is 0 Å². The molecule has 0 spiro atoms. The van der Waals surface area contributed by atoms with E-state index in [2.05, 4.69) is 108 Å². The molecule has 9 nitrogen and oxygen atoms in total. The number of nitrogens with zero attached hydrogens (tertiary/aromatic N) is 5. The summed E-state index contributed by atoms with van der Waals surface area (Å²) in [5.74, 6) is 1.12. The van der Waals surface area contributed by atoms with Crippen molar-refractivity contribution in [2.45, 2.75) is 38.0 Å². The van der Waals surface area contributed by atoms with Gasteiger partial charge in [0.1, 0.15) is 0 Å². The number of fused-ring (bicyclic) bond motifs is 9. The number of para-hydroxylation sites is 1. The topological polar surface area (TPSA) is 110 Å². The summed E-state index contributed by atoms with van der Waals surface area (Å²) in [6.07, 6.45) is 14.1. The van der Waals surface area contributed by atoms with Crippen LogP contribution in [0.25, 0.3) is 77.3 Å². The first-order chi connectivity index (χ1) is 30.8. The number of allylic oxidation sites excluding steroid dienone is 1. The van der Waals surface area contributed by atoms with Crippen molar-refractivity contribution in [2.24, 2.45) is 10.9 Å². The van der Waals surface area contributed by atoms with Crippen molar-refractivity contribution in [3.8, 4) is 33.8 Å². The molecule has 2 fully saturated rings. The van der Waals surface area contributed by atoms with Crippen molar-refractivity contribution >= 4 is 68.8 Å². The normalized spacial score (nSPS) is 19.7. The maximum absolute atomic E-state index is 6.66. The monoisotopic (exact) mass is 869 g/mol. The van der Waals surface area contributed by atoms with Gasteiger partial charge in [-0.05, 0) is 0 Å². The third-order valence-corrected chi connectivity index (χ3v) is 15.9. The van der Waals surface area contributed by atoms with Gasteiger partial charge in [-0.3, -0.25) is 0 Å². The molecule has 0 saturated carbocycles. The van der Waals surface area contributed by atoms with Gasteiger partial charge >= 0.3 is 365 Å². The molecule has 5 aromatic carbocycles. The summed E-state index contributed by atoms with van der Waals surface area (Å²) in [4.78, 5) is 26.4. The summed E-state index contributed by atoms with van der Waals surface area (Å²) in [7, 11) is 0. The molecule has 0 amide bonds. The number of benzene rings is 5. The van der Waals surface area contributed by atoms with Crippen LogP contribution in [0.15, 0.2) is 143 Å². The van der Waals surface area contributed by atoms with E-state index >= 15 is 0 Å². The number of rotatable bonds is 5. The number of pyridine rings is 3. The van der Waals surface area contributed by atoms with Crippen LogP contribution in [0.3, 0.4) is 0 Å². The molecule has 3 aliphatic heterocycles. The molecule has 13 rings (SSSR count). The molecular weight excluding hydrogens is 830 g/mol.